The molecule has 0 saturated heterocycles. The zero-order valence-corrected chi connectivity index (χ0v) is 13.7. The molecule has 1 aromatic rings. The highest BCUT2D eigenvalue weighted by molar-refractivity contribution is 14.1. The topological polar surface area (TPSA) is 85.3 Å². The molecule has 1 aliphatic heterocycles. The summed E-state index contributed by atoms with van der Waals surface area (Å²) in [4.78, 5) is 12.1. The van der Waals surface area contributed by atoms with Crippen LogP contribution in [0.2, 0.25) is 0 Å². The van der Waals surface area contributed by atoms with Crippen molar-refractivity contribution in [2.45, 2.75) is 12.8 Å². The summed E-state index contributed by atoms with van der Waals surface area (Å²) in [5, 5.41) is 9.40. The van der Waals surface area contributed by atoms with Crippen LogP contribution in [0.5, 0.6) is 0 Å². The Bertz CT molecular complexity index is 701. The third-order valence-corrected chi connectivity index (χ3v) is 4.21. The van der Waals surface area contributed by atoms with Crippen LogP contribution < -0.4 is 5.73 Å². The Morgan fingerprint density at radius 2 is 2.14 bits per heavy atom. The summed E-state index contributed by atoms with van der Waals surface area (Å²) in [6.07, 6.45) is 0. The first kappa shape index (κ1) is 15.4. The van der Waals surface area contributed by atoms with Gasteiger partial charge in [-0.1, -0.05) is 18.2 Å². The van der Waals surface area contributed by atoms with Gasteiger partial charge in [0.15, 0.2) is 0 Å². The van der Waals surface area contributed by atoms with Crippen molar-refractivity contribution >= 4 is 28.6 Å². The minimum absolute atomic E-state index is 0.0207. The Morgan fingerprint density at radius 3 is 2.71 bits per heavy atom. The Labute approximate surface area is 136 Å². The van der Waals surface area contributed by atoms with Gasteiger partial charge in [0.25, 0.3) is 0 Å². The Hall–Kier alpha value is -2.01. The molecule has 1 aromatic carbocycles. The number of allylic oxidation sites excluding steroid dienone is 2. The van der Waals surface area contributed by atoms with Gasteiger partial charge < -0.3 is 15.2 Å². The van der Waals surface area contributed by atoms with Crippen LogP contribution in [-0.4, -0.2) is 13.1 Å². The summed E-state index contributed by atoms with van der Waals surface area (Å²) in [5.41, 5.74) is 7.14. The molecule has 0 radical (unpaired) electrons. The lowest BCUT2D eigenvalue weighted by Gasteiger charge is -2.27. The number of hydrogen-bond acceptors (Lipinski definition) is 5. The normalized spacial score (nSPS) is 18.1. The lowest BCUT2D eigenvalue weighted by atomic mass is 9.83. The quantitative estimate of drug-likeness (QED) is 0.614. The number of ether oxygens (including phenoxy) is 2. The molecule has 0 fully saturated rings. The highest BCUT2D eigenvalue weighted by atomic mass is 127. The van der Waals surface area contributed by atoms with Crippen molar-refractivity contribution in [3.8, 4) is 6.07 Å². The van der Waals surface area contributed by atoms with E-state index < -0.39 is 11.9 Å². The standard InChI is InChI=1S/C15H13IN2O3/c1-8-12(15(19)20-2)13(10(7-17)14(18)21-8)9-5-3-4-6-11(9)16/h3-6,13H,18H2,1-2H3/t13-/m0/s1. The molecule has 0 aromatic heterocycles. The summed E-state index contributed by atoms with van der Waals surface area (Å²) in [6.45, 7) is 1.63. The second kappa shape index (κ2) is 6.18. The molecule has 1 atom stereocenters. The average Bonchev–Trinajstić information content (AvgIpc) is 2.46. The minimum Gasteiger partial charge on any atom is -0.466 e. The van der Waals surface area contributed by atoms with Gasteiger partial charge >= 0.3 is 5.97 Å². The van der Waals surface area contributed by atoms with E-state index in [1.165, 1.54) is 7.11 Å². The van der Waals surface area contributed by atoms with Crippen LogP contribution in [0.15, 0.2) is 47.1 Å². The van der Waals surface area contributed by atoms with Gasteiger partial charge in [-0.3, -0.25) is 0 Å². The predicted octanol–water partition coefficient (Wildman–Crippen LogP) is 2.55. The fourth-order valence-corrected chi connectivity index (χ4v) is 2.97. The van der Waals surface area contributed by atoms with Crippen molar-refractivity contribution in [3.05, 3.63) is 56.2 Å². The lowest BCUT2D eigenvalue weighted by Crippen LogP contribution is -2.25. The van der Waals surface area contributed by atoms with Crippen molar-refractivity contribution in [2.75, 3.05) is 7.11 Å². The summed E-state index contributed by atoms with van der Waals surface area (Å²) < 4.78 is 11.1. The van der Waals surface area contributed by atoms with Crippen LogP contribution in [0.1, 0.15) is 18.4 Å². The van der Waals surface area contributed by atoms with E-state index in [1.54, 1.807) is 6.92 Å². The number of carbonyl (C=O) groups is 1. The molecule has 0 unspecified atom stereocenters. The molecule has 6 heteroatoms. The largest absolute Gasteiger partial charge is 0.466 e. The van der Waals surface area contributed by atoms with Crippen molar-refractivity contribution in [1.82, 2.24) is 0 Å². The second-order valence-electron chi connectivity index (χ2n) is 4.41. The third-order valence-electron chi connectivity index (χ3n) is 3.23. The van der Waals surface area contributed by atoms with Gasteiger partial charge in [0, 0.05) is 3.57 Å². The van der Waals surface area contributed by atoms with Gasteiger partial charge in [-0.15, -0.1) is 0 Å². The molecule has 1 heterocycles. The Kier molecular flexibility index (Phi) is 4.53. The minimum atomic E-state index is -0.579. The zero-order chi connectivity index (χ0) is 15.6. The van der Waals surface area contributed by atoms with Gasteiger partial charge in [-0.05, 0) is 41.1 Å². The van der Waals surface area contributed by atoms with Gasteiger partial charge in [-0.25, -0.2) is 4.79 Å². The van der Waals surface area contributed by atoms with Crippen molar-refractivity contribution in [2.24, 2.45) is 5.73 Å². The molecule has 0 saturated carbocycles. The third kappa shape index (κ3) is 2.74. The number of hydrogen-bond donors (Lipinski definition) is 1. The maximum Gasteiger partial charge on any atom is 0.338 e. The summed E-state index contributed by atoms with van der Waals surface area (Å²) in [5.74, 6) is -0.739. The number of nitrogens with two attached hydrogens (primary N) is 1. The molecule has 0 bridgehead atoms. The molecule has 21 heavy (non-hydrogen) atoms. The number of halogens is 1. The molecule has 2 rings (SSSR count). The molecular formula is C15H13IN2O3. The van der Waals surface area contributed by atoms with Gasteiger partial charge in [0.1, 0.15) is 17.4 Å². The smallest absolute Gasteiger partial charge is 0.338 e. The van der Waals surface area contributed by atoms with E-state index >= 15 is 0 Å². The zero-order valence-electron chi connectivity index (χ0n) is 11.5. The van der Waals surface area contributed by atoms with Crippen molar-refractivity contribution in [1.29, 1.82) is 5.26 Å². The van der Waals surface area contributed by atoms with E-state index in [4.69, 9.17) is 15.2 Å². The van der Waals surface area contributed by atoms with Crippen molar-refractivity contribution in [3.63, 3.8) is 0 Å². The fourth-order valence-electron chi connectivity index (χ4n) is 2.28. The second-order valence-corrected chi connectivity index (χ2v) is 5.57. The van der Waals surface area contributed by atoms with Crippen LogP contribution in [0, 0.1) is 14.9 Å². The first-order valence-electron chi connectivity index (χ1n) is 6.12. The van der Waals surface area contributed by atoms with Gasteiger partial charge in [-0.2, -0.15) is 5.26 Å². The lowest BCUT2D eigenvalue weighted by molar-refractivity contribution is -0.136. The number of rotatable bonds is 2. The van der Waals surface area contributed by atoms with Crippen LogP contribution in [0.3, 0.4) is 0 Å². The average molecular weight is 396 g/mol. The first-order valence-corrected chi connectivity index (χ1v) is 7.20. The molecule has 2 N–H and O–H groups in total. The number of methoxy groups -OCH3 is 1. The molecule has 0 spiro atoms. The molecule has 108 valence electrons. The maximum absolute atomic E-state index is 12.1. The SMILES string of the molecule is COC(=O)C1=C(C)OC(N)=C(C#N)[C@@H]1c1ccccc1I. The van der Waals surface area contributed by atoms with E-state index in [-0.39, 0.29) is 11.5 Å². The molecular weight excluding hydrogens is 383 g/mol. The molecule has 0 aliphatic carbocycles. The monoisotopic (exact) mass is 396 g/mol. The van der Waals surface area contributed by atoms with Crippen LogP contribution in [-0.2, 0) is 14.3 Å². The maximum atomic E-state index is 12.1. The number of carbonyl (C=O) groups excluding carboxylic acids is 1. The highest BCUT2D eigenvalue weighted by Crippen LogP contribution is 2.40. The van der Waals surface area contributed by atoms with E-state index in [0.29, 0.717) is 11.3 Å². The van der Waals surface area contributed by atoms with E-state index in [0.717, 1.165) is 9.13 Å². The Morgan fingerprint density at radius 1 is 1.48 bits per heavy atom. The first-order chi connectivity index (χ1) is 10.0. The number of benzene rings is 1. The van der Waals surface area contributed by atoms with Crippen LogP contribution in [0.25, 0.3) is 0 Å². The van der Waals surface area contributed by atoms with Crippen LogP contribution in [0.4, 0.5) is 0 Å². The van der Waals surface area contributed by atoms with E-state index in [9.17, 15) is 10.1 Å². The molecule has 1 aliphatic rings. The van der Waals surface area contributed by atoms with E-state index in [2.05, 4.69) is 22.6 Å². The van der Waals surface area contributed by atoms with Gasteiger partial charge in [0.2, 0.25) is 5.88 Å². The number of esters is 1. The summed E-state index contributed by atoms with van der Waals surface area (Å²) in [7, 11) is 1.29. The molecule has 5 nitrogen and oxygen atoms in total. The van der Waals surface area contributed by atoms with Gasteiger partial charge in [0.05, 0.1) is 18.6 Å². The summed E-state index contributed by atoms with van der Waals surface area (Å²) >= 11 is 2.16. The highest BCUT2D eigenvalue weighted by Gasteiger charge is 2.36. The number of nitrogens with zero attached hydrogens (tertiary/aromatic N) is 1. The molecule has 0 amide bonds. The fraction of sp³-hybridized carbons (Fsp3) is 0.200. The predicted molar refractivity (Wildman–Crippen MR) is 84.5 cm³/mol. The van der Waals surface area contributed by atoms with Crippen LogP contribution >= 0.6 is 22.6 Å². The van der Waals surface area contributed by atoms with Crippen molar-refractivity contribution < 1.29 is 14.3 Å². The number of nitriles is 1. The summed E-state index contributed by atoms with van der Waals surface area (Å²) in [6, 6.07) is 9.54. The van der Waals surface area contributed by atoms with E-state index in [1.807, 2.05) is 30.3 Å². The Balaban J connectivity index is 2.70.